The van der Waals surface area contributed by atoms with Crippen LogP contribution < -0.4 is 5.32 Å². The molecular formula is C13H24N4O2S2. The van der Waals surface area contributed by atoms with Crippen molar-refractivity contribution in [3.05, 3.63) is 16.1 Å². The van der Waals surface area contributed by atoms with Crippen LogP contribution in [0, 0.1) is 6.92 Å². The van der Waals surface area contributed by atoms with Crippen LogP contribution in [0.1, 0.15) is 30.0 Å². The van der Waals surface area contributed by atoms with Crippen molar-refractivity contribution >= 4 is 21.5 Å². The Bertz CT molecular complexity index is 554. The second-order valence-electron chi connectivity index (χ2n) is 5.53. The molecule has 1 aliphatic rings. The van der Waals surface area contributed by atoms with Gasteiger partial charge in [-0.1, -0.05) is 0 Å². The van der Waals surface area contributed by atoms with Crippen molar-refractivity contribution in [1.29, 1.82) is 0 Å². The largest absolute Gasteiger partial charge is 0.314 e. The Morgan fingerprint density at radius 2 is 2.10 bits per heavy atom. The minimum Gasteiger partial charge on any atom is -0.314 e. The smallest absolute Gasteiger partial charge is 0.281 e. The summed E-state index contributed by atoms with van der Waals surface area (Å²) in [5, 5.41) is 6.25. The maximum Gasteiger partial charge on any atom is 0.281 e. The van der Waals surface area contributed by atoms with Crippen LogP contribution in [-0.2, 0) is 16.8 Å². The van der Waals surface area contributed by atoms with E-state index < -0.39 is 10.2 Å². The summed E-state index contributed by atoms with van der Waals surface area (Å²) >= 11 is 1.54. The molecule has 1 aromatic heterocycles. The third-order valence-corrected chi connectivity index (χ3v) is 6.21. The molecule has 0 aliphatic heterocycles. The summed E-state index contributed by atoms with van der Waals surface area (Å²) in [4.78, 5) is 4.31. The van der Waals surface area contributed by atoms with E-state index in [-0.39, 0.29) is 0 Å². The highest BCUT2D eigenvalue weighted by Gasteiger charge is 2.24. The molecule has 8 heteroatoms. The number of nitrogens with zero attached hydrogens (tertiary/aromatic N) is 3. The van der Waals surface area contributed by atoms with Gasteiger partial charge in [0.25, 0.3) is 10.2 Å². The highest BCUT2D eigenvalue weighted by atomic mass is 32.2. The van der Waals surface area contributed by atoms with Gasteiger partial charge in [-0.15, -0.1) is 11.3 Å². The first-order chi connectivity index (χ1) is 9.89. The summed E-state index contributed by atoms with van der Waals surface area (Å²) < 4.78 is 27.6. The van der Waals surface area contributed by atoms with Crippen molar-refractivity contribution in [1.82, 2.24) is 18.9 Å². The molecule has 0 atom stereocenters. The molecule has 1 fully saturated rings. The summed E-state index contributed by atoms with van der Waals surface area (Å²) in [7, 11) is -0.175. The molecule has 1 saturated carbocycles. The first-order valence-corrected chi connectivity index (χ1v) is 9.49. The lowest BCUT2D eigenvalue weighted by molar-refractivity contribution is 0.382. The van der Waals surface area contributed by atoms with Gasteiger partial charge in [-0.2, -0.15) is 17.0 Å². The van der Waals surface area contributed by atoms with Crippen LogP contribution in [-0.4, -0.2) is 55.2 Å². The highest BCUT2D eigenvalue weighted by molar-refractivity contribution is 7.86. The Morgan fingerprint density at radius 1 is 1.38 bits per heavy atom. The zero-order chi connectivity index (χ0) is 15.5. The minimum atomic E-state index is -3.41. The fraction of sp³-hybridized carbons (Fsp3) is 0.769. The minimum absolute atomic E-state index is 0.317. The second kappa shape index (κ2) is 7.15. The normalized spacial score (nSPS) is 16.0. The topological polar surface area (TPSA) is 65.5 Å². The molecule has 1 N–H and O–H groups in total. The van der Waals surface area contributed by atoms with Crippen molar-refractivity contribution in [2.45, 2.75) is 38.8 Å². The highest BCUT2D eigenvalue weighted by Crippen LogP contribution is 2.18. The first kappa shape index (κ1) is 16.8. The van der Waals surface area contributed by atoms with E-state index in [9.17, 15) is 8.42 Å². The molecule has 0 unspecified atom stereocenters. The predicted octanol–water partition coefficient (Wildman–Crippen LogP) is 1.20. The van der Waals surface area contributed by atoms with Crippen LogP contribution in [0.15, 0.2) is 5.38 Å². The Kier molecular flexibility index (Phi) is 5.73. The molecule has 6 nitrogen and oxygen atoms in total. The standard InChI is InChI=1S/C13H24N4O2S2/c1-11-15-13(10-20-11)9-17(3)21(18,19)16(2)8-4-7-14-12-5-6-12/h10,12,14H,4-9H2,1-3H3. The van der Waals surface area contributed by atoms with E-state index in [0.717, 1.165) is 23.7 Å². The molecule has 21 heavy (non-hydrogen) atoms. The average Bonchev–Trinajstić information content (AvgIpc) is 3.16. The van der Waals surface area contributed by atoms with Gasteiger partial charge in [-0.05, 0) is 32.7 Å². The quantitative estimate of drug-likeness (QED) is 0.690. The Hall–Kier alpha value is -0.540. The van der Waals surface area contributed by atoms with E-state index in [2.05, 4.69) is 10.3 Å². The van der Waals surface area contributed by atoms with Gasteiger partial charge in [-0.25, -0.2) is 4.98 Å². The van der Waals surface area contributed by atoms with Crippen LogP contribution in [0.2, 0.25) is 0 Å². The van der Waals surface area contributed by atoms with E-state index in [1.165, 1.54) is 32.8 Å². The second-order valence-corrected chi connectivity index (χ2v) is 8.73. The van der Waals surface area contributed by atoms with Gasteiger partial charge < -0.3 is 5.32 Å². The molecule has 0 saturated heterocycles. The zero-order valence-corrected chi connectivity index (χ0v) is 14.5. The summed E-state index contributed by atoms with van der Waals surface area (Å²) in [6.45, 7) is 3.64. The molecule has 0 bridgehead atoms. The Morgan fingerprint density at radius 3 is 2.67 bits per heavy atom. The molecule has 0 radical (unpaired) electrons. The molecule has 120 valence electrons. The maximum absolute atomic E-state index is 12.4. The monoisotopic (exact) mass is 332 g/mol. The van der Waals surface area contributed by atoms with Crippen LogP contribution >= 0.6 is 11.3 Å². The van der Waals surface area contributed by atoms with Crippen molar-refractivity contribution in [3.8, 4) is 0 Å². The number of rotatable bonds is 9. The molecular weight excluding hydrogens is 308 g/mol. The fourth-order valence-corrected chi connectivity index (χ4v) is 3.77. The average molecular weight is 332 g/mol. The predicted molar refractivity (Wildman–Crippen MR) is 85.5 cm³/mol. The summed E-state index contributed by atoms with van der Waals surface area (Å²) in [5.41, 5.74) is 0.798. The Labute approximate surface area is 131 Å². The molecule has 2 rings (SSSR count). The number of thiazole rings is 1. The summed E-state index contributed by atoms with van der Waals surface area (Å²) in [5.74, 6) is 0. The molecule has 1 aromatic rings. The first-order valence-electron chi connectivity index (χ1n) is 7.21. The summed E-state index contributed by atoms with van der Waals surface area (Å²) in [6, 6.07) is 0.669. The van der Waals surface area contributed by atoms with Crippen LogP contribution in [0.5, 0.6) is 0 Å². The van der Waals surface area contributed by atoms with Gasteiger partial charge in [0.05, 0.1) is 17.2 Å². The molecule has 1 heterocycles. The van der Waals surface area contributed by atoms with Crippen LogP contribution in [0.3, 0.4) is 0 Å². The van der Waals surface area contributed by atoms with Crippen molar-refractivity contribution in [3.63, 3.8) is 0 Å². The number of hydrogen-bond acceptors (Lipinski definition) is 5. The number of nitrogens with one attached hydrogen (secondary N) is 1. The lowest BCUT2D eigenvalue weighted by atomic mass is 10.4. The van der Waals surface area contributed by atoms with Crippen LogP contribution in [0.4, 0.5) is 0 Å². The van der Waals surface area contributed by atoms with Crippen LogP contribution in [0.25, 0.3) is 0 Å². The summed E-state index contributed by atoms with van der Waals surface area (Å²) in [6.07, 6.45) is 3.34. The maximum atomic E-state index is 12.4. The van der Waals surface area contributed by atoms with Gasteiger partial charge in [0, 0.05) is 32.1 Å². The van der Waals surface area contributed by atoms with E-state index in [1.807, 2.05) is 12.3 Å². The van der Waals surface area contributed by atoms with E-state index in [4.69, 9.17) is 0 Å². The van der Waals surface area contributed by atoms with Crippen molar-refractivity contribution < 1.29 is 8.42 Å². The van der Waals surface area contributed by atoms with Gasteiger partial charge >= 0.3 is 0 Å². The third kappa shape index (κ3) is 5.00. The lowest BCUT2D eigenvalue weighted by Gasteiger charge is -2.23. The van der Waals surface area contributed by atoms with Gasteiger partial charge in [0.1, 0.15) is 0 Å². The molecule has 1 aliphatic carbocycles. The molecule has 0 amide bonds. The number of aryl methyl sites for hydroxylation is 1. The number of hydrogen-bond donors (Lipinski definition) is 1. The van der Waals surface area contributed by atoms with Gasteiger partial charge in [-0.3, -0.25) is 0 Å². The lowest BCUT2D eigenvalue weighted by Crippen LogP contribution is -2.40. The molecule has 0 spiro atoms. The van der Waals surface area contributed by atoms with Gasteiger partial charge in [0.2, 0.25) is 0 Å². The molecule has 0 aromatic carbocycles. The number of aromatic nitrogens is 1. The SMILES string of the molecule is Cc1nc(CN(C)S(=O)(=O)N(C)CCCNC2CC2)cs1. The Balaban J connectivity index is 1.79. The van der Waals surface area contributed by atoms with Crippen molar-refractivity contribution in [2.24, 2.45) is 0 Å². The van der Waals surface area contributed by atoms with Crippen molar-refractivity contribution in [2.75, 3.05) is 27.2 Å². The van der Waals surface area contributed by atoms with Gasteiger partial charge in [0.15, 0.2) is 0 Å². The van der Waals surface area contributed by atoms with E-state index >= 15 is 0 Å². The third-order valence-electron chi connectivity index (χ3n) is 3.50. The van der Waals surface area contributed by atoms with E-state index in [0.29, 0.717) is 19.1 Å². The zero-order valence-electron chi connectivity index (χ0n) is 12.9. The fourth-order valence-electron chi connectivity index (χ4n) is 2.04. The van der Waals surface area contributed by atoms with E-state index in [1.54, 1.807) is 14.1 Å².